The summed E-state index contributed by atoms with van der Waals surface area (Å²) in [6.07, 6.45) is 16.7. The topological polar surface area (TPSA) is 91.3 Å². The molecule has 0 heterocycles. The first-order chi connectivity index (χ1) is 15.7. The fourth-order valence-electron chi connectivity index (χ4n) is 3.73. The number of quaternary nitrogens is 1. The fourth-order valence-corrected chi connectivity index (χ4v) is 3.73. The first-order valence-electron chi connectivity index (χ1n) is 13.3. The highest BCUT2D eigenvalue weighted by molar-refractivity contribution is 5.97. The van der Waals surface area contributed by atoms with Crippen LogP contribution < -0.4 is 5.11 Å². The highest BCUT2D eigenvalue weighted by Crippen LogP contribution is 2.20. The lowest BCUT2D eigenvalue weighted by molar-refractivity contribution is -0.681. The average molecular weight is 470 g/mol. The van der Waals surface area contributed by atoms with Gasteiger partial charge < -0.3 is 9.90 Å². The van der Waals surface area contributed by atoms with E-state index in [0.717, 1.165) is 84.0 Å². The highest BCUT2D eigenvalue weighted by Gasteiger charge is 2.45. The number of carboxylic acids is 1. The number of hydrogen-bond donors (Lipinski definition) is 0. The number of unbranched alkanes of at least 4 members (excludes halogenated alkanes) is 12. The van der Waals surface area contributed by atoms with Gasteiger partial charge >= 0.3 is 17.7 Å². The van der Waals surface area contributed by atoms with E-state index in [1.165, 1.54) is 19.3 Å². The van der Waals surface area contributed by atoms with Crippen LogP contribution in [0, 0.1) is 0 Å². The summed E-state index contributed by atoms with van der Waals surface area (Å²) in [5.41, 5.74) is 0. The Morgan fingerprint density at radius 3 is 0.939 bits per heavy atom. The second-order valence-electron chi connectivity index (χ2n) is 9.17. The van der Waals surface area contributed by atoms with Gasteiger partial charge in [0.1, 0.15) is 0 Å². The predicted molar refractivity (Wildman–Crippen MR) is 132 cm³/mol. The summed E-state index contributed by atoms with van der Waals surface area (Å²) >= 11 is 0. The number of imide groups is 3. The van der Waals surface area contributed by atoms with Gasteiger partial charge in [-0.05, 0) is 26.2 Å². The van der Waals surface area contributed by atoms with Crippen molar-refractivity contribution in [2.24, 2.45) is 0 Å². The molecule has 0 fully saturated rings. The van der Waals surface area contributed by atoms with Crippen LogP contribution in [0.1, 0.15) is 143 Å². The van der Waals surface area contributed by atoms with Gasteiger partial charge in [0.2, 0.25) is 0 Å². The molecule has 0 bridgehead atoms. The fraction of sp³-hybridized carbons (Fsp3) is 0.852. The van der Waals surface area contributed by atoms with Crippen LogP contribution in [-0.2, 0) is 19.2 Å². The summed E-state index contributed by atoms with van der Waals surface area (Å²) < 4.78 is -0.602. The van der Waals surface area contributed by atoms with E-state index in [-0.39, 0.29) is 17.7 Å². The molecule has 0 spiro atoms. The van der Waals surface area contributed by atoms with Gasteiger partial charge in [0.05, 0.1) is 26.3 Å². The minimum Gasteiger partial charge on any atom is -0.550 e. The van der Waals surface area contributed by atoms with Crippen LogP contribution in [0.2, 0.25) is 0 Å². The third kappa shape index (κ3) is 17.6. The summed E-state index contributed by atoms with van der Waals surface area (Å²) in [7, 11) is 1.57. The molecule has 0 rings (SSSR count). The second kappa shape index (κ2) is 22.2. The normalized spacial score (nSPS) is 10.9. The minimum atomic E-state index is -1.08. The van der Waals surface area contributed by atoms with Gasteiger partial charge in [0.15, 0.2) is 0 Å². The Hall–Kier alpha value is -1.56. The Balaban J connectivity index is 0. The molecule has 0 atom stereocenters. The second-order valence-corrected chi connectivity index (χ2v) is 9.17. The molecule has 0 aromatic rings. The van der Waals surface area contributed by atoms with Gasteiger partial charge in [-0.3, -0.25) is 0 Å². The van der Waals surface area contributed by atoms with Crippen LogP contribution in [-0.4, -0.2) is 35.2 Å². The Morgan fingerprint density at radius 2 is 0.727 bits per heavy atom. The SMILES string of the molecule is CC(=O)[O-].CCCCCCCC(=O)[N+](C)(C(=O)CCCCCCC)C(=O)CCCCCCC. The summed E-state index contributed by atoms with van der Waals surface area (Å²) in [5.74, 6) is -1.67. The zero-order valence-electron chi connectivity index (χ0n) is 22.2. The maximum Gasteiger partial charge on any atom is 0.328 e. The first-order valence-corrected chi connectivity index (χ1v) is 13.3. The molecule has 33 heavy (non-hydrogen) atoms. The lowest BCUT2D eigenvalue weighted by Crippen LogP contribution is -2.57. The summed E-state index contributed by atoms with van der Waals surface area (Å²) in [6, 6.07) is 0. The van der Waals surface area contributed by atoms with Crippen molar-refractivity contribution in [3.63, 3.8) is 0 Å². The van der Waals surface area contributed by atoms with Gasteiger partial charge in [-0.1, -0.05) is 97.8 Å². The highest BCUT2D eigenvalue weighted by atomic mass is 16.4. The molecule has 0 saturated heterocycles. The standard InChI is InChI=1S/C25H48NO3.C2H4O2/c1-5-8-11-14-17-20-23(27)26(4,24(28)21-18-15-12-9-6-2)25(29)22-19-16-13-10-7-3;1-2(3)4/h5-22H2,1-4H3;1H3,(H,3,4)/q+1;/p-1. The van der Waals surface area contributed by atoms with Crippen LogP contribution in [0.3, 0.4) is 0 Å². The third-order valence-electron chi connectivity index (χ3n) is 5.98. The van der Waals surface area contributed by atoms with E-state index in [4.69, 9.17) is 9.90 Å². The van der Waals surface area contributed by atoms with Crippen molar-refractivity contribution >= 4 is 23.7 Å². The van der Waals surface area contributed by atoms with Crippen molar-refractivity contribution in [3.05, 3.63) is 0 Å². The number of carboxylic acid groups (broad SMARTS) is 1. The van der Waals surface area contributed by atoms with Crippen molar-refractivity contribution < 1.29 is 28.8 Å². The Morgan fingerprint density at radius 1 is 0.515 bits per heavy atom. The molecule has 0 aliphatic rings. The number of rotatable bonds is 18. The molecule has 6 heteroatoms. The van der Waals surface area contributed by atoms with E-state index < -0.39 is 10.5 Å². The van der Waals surface area contributed by atoms with Crippen LogP contribution in [0.25, 0.3) is 0 Å². The number of amides is 3. The van der Waals surface area contributed by atoms with Crippen molar-refractivity contribution in [2.45, 2.75) is 143 Å². The number of carbonyl (C=O) groups excluding carboxylic acids is 4. The van der Waals surface area contributed by atoms with Crippen LogP contribution in [0.15, 0.2) is 0 Å². The number of nitrogens with zero attached hydrogens (tertiary/aromatic N) is 1. The zero-order valence-corrected chi connectivity index (χ0v) is 22.2. The van der Waals surface area contributed by atoms with E-state index in [1.54, 1.807) is 7.05 Å². The van der Waals surface area contributed by atoms with Crippen molar-refractivity contribution in [1.82, 2.24) is 0 Å². The zero-order chi connectivity index (χ0) is 25.5. The lowest BCUT2D eigenvalue weighted by atomic mass is 10.1. The Bertz CT molecular complexity index is 476. The average Bonchev–Trinajstić information content (AvgIpc) is 2.77. The summed E-state index contributed by atoms with van der Waals surface area (Å²) in [5, 5.41) is 8.89. The van der Waals surface area contributed by atoms with E-state index in [1.807, 2.05) is 0 Å². The monoisotopic (exact) mass is 469 g/mol. The molecule has 0 aliphatic heterocycles. The van der Waals surface area contributed by atoms with E-state index in [2.05, 4.69) is 20.8 Å². The molecule has 0 aliphatic carbocycles. The molecule has 0 saturated carbocycles. The van der Waals surface area contributed by atoms with E-state index in [9.17, 15) is 14.4 Å². The van der Waals surface area contributed by atoms with Crippen LogP contribution in [0.4, 0.5) is 0 Å². The van der Waals surface area contributed by atoms with E-state index >= 15 is 0 Å². The molecule has 0 radical (unpaired) electrons. The molecular weight excluding hydrogens is 418 g/mol. The molecular formula is C27H51NO5. The molecule has 6 nitrogen and oxygen atoms in total. The molecule has 0 aromatic heterocycles. The number of carbonyl (C=O) groups is 4. The molecule has 0 aromatic carbocycles. The van der Waals surface area contributed by atoms with E-state index in [0.29, 0.717) is 19.3 Å². The van der Waals surface area contributed by atoms with Crippen LogP contribution in [0.5, 0.6) is 0 Å². The van der Waals surface area contributed by atoms with Gasteiger partial charge in [-0.2, -0.15) is 0 Å². The van der Waals surface area contributed by atoms with Crippen LogP contribution >= 0.6 is 0 Å². The van der Waals surface area contributed by atoms with Crippen molar-refractivity contribution in [3.8, 4) is 0 Å². The quantitative estimate of drug-likeness (QED) is 0.185. The smallest absolute Gasteiger partial charge is 0.328 e. The number of aliphatic carboxylic acids is 1. The van der Waals surface area contributed by atoms with Gasteiger partial charge in [0.25, 0.3) is 0 Å². The van der Waals surface area contributed by atoms with Gasteiger partial charge in [0, 0.05) is 5.97 Å². The predicted octanol–water partition coefficient (Wildman–Crippen LogP) is 5.85. The largest absolute Gasteiger partial charge is 0.550 e. The van der Waals surface area contributed by atoms with Gasteiger partial charge in [-0.15, -0.1) is 4.48 Å². The molecule has 194 valence electrons. The minimum absolute atomic E-state index is 0.196. The number of hydrogen-bond acceptors (Lipinski definition) is 5. The maximum absolute atomic E-state index is 13.0. The Labute approximate surface area is 203 Å². The van der Waals surface area contributed by atoms with Gasteiger partial charge in [-0.25, -0.2) is 14.4 Å². The Kier molecular flexibility index (Phi) is 22.7. The molecule has 3 amide bonds. The maximum atomic E-state index is 13.0. The summed E-state index contributed by atoms with van der Waals surface area (Å²) in [4.78, 5) is 47.8. The van der Waals surface area contributed by atoms with Crippen molar-refractivity contribution in [2.75, 3.05) is 7.05 Å². The molecule has 0 unspecified atom stereocenters. The lowest BCUT2D eigenvalue weighted by Gasteiger charge is -2.26. The summed E-state index contributed by atoms with van der Waals surface area (Å²) in [6.45, 7) is 7.46. The first kappa shape index (κ1) is 33.6. The third-order valence-corrected chi connectivity index (χ3v) is 5.98. The molecule has 0 N–H and O–H groups in total. The van der Waals surface area contributed by atoms with Crippen molar-refractivity contribution in [1.29, 1.82) is 0 Å².